The molecule has 1 saturated heterocycles. The molecule has 1 N–H and O–H groups in total. The van der Waals surface area contributed by atoms with E-state index < -0.39 is 0 Å². The van der Waals surface area contributed by atoms with Crippen molar-refractivity contribution in [3.05, 3.63) is 47.8 Å². The third kappa shape index (κ3) is 1.84. The quantitative estimate of drug-likeness (QED) is 0.857. The fourth-order valence-corrected chi connectivity index (χ4v) is 3.19. The number of fused-ring (bicyclic) bond motifs is 2. The van der Waals surface area contributed by atoms with Crippen LogP contribution in [0.5, 0.6) is 0 Å². The number of aromatic nitrogens is 2. The maximum Gasteiger partial charge on any atom is 0.159 e. The van der Waals surface area contributed by atoms with E-state index in [9.17, 15) is 0 Å². The Hall–Kier alpha value is -1.78. The maximum absolute atomic E-state index is 5.76. The molecule has 0 amide bonds. The van der Waals surface area contributed by atoms with Gasteiger partial charge in [0.1, 0.15) is 0 Å². The van der Waals surface area contributed by atoms with E-state index in [0.717, 1.165) is 43.1 Å². The summed E-state index contributed by atoms with van der Waals surface area (Å²) in [7, 11) is 0. The minimum atomic E-state index is 0.0417. The van der Waals surface area contributed by atoms with Gasteiger partial charge in [-0.2, -0.15) is 0 Å². The molecular formula is C16H17N3O. The number of ether oxygens (including phenoxy) is 1. The number of nitrogens with zero attached hydrogens (tertiary/aromatic N) is 2. The molecule has 20 heavy (non-hydrogen) atoms. The molecule has 2 aromatic rings. The zero-order chi connectivity index (χ0) is 13.4. The van der Waals surface area contributed by atoms with Crippen LogP contribution in [0.15, 0.2) is 36.5 Å². The molecule has 3 heterocycles. The molecule has 0 unspecified atom stereocenters. The Morgan fingerprint density at radius 3 is 2.90 bits per heavy atom. The van der Waals surface area contributed by atoms with Crippen molar-refractivity contribution in [3.8, 4) is 11.4 Å². The highest BCUT2D eigenvalue weighted by Gasteiger charge is 2.41. The minimum Gasteiger partial charge on any atom is -0.376 e. The Kier molecular flexibility index (Phi) is 2.79. The van der Waals surface area contributed by atoms with Crippen molar-refractivity contribution in [2.75, 3.05) is 19.7 Å². The summed E-state index contributed by atoms with van der Waals surface area (Å²) in [6.07, 6.45) is 3.02. The molecule has 1 aromatic carbocycles. The summed E-state index contributed by atoms with van der Waals surface area (Å²) in [6.45, 7) is 3.38. The summed E-state index contributed by atoms with van der Waals surface area (Å²) in [5, 5.41) is 3.44. The first-order valence-electron chi connectivity index (χ1n) is 7.08. The fraction of sp³-hybridized carbons (Fsp3) is 0.375. The lowest BCUT2D eigenvalue weighted by molar-refractivity contribution is 0.0551. The molecule has 4 heteroatoms. The van der Waals surface area contributed by atoms with Crippen LogP contribution in [-0.4, -0.2) is 29.7 Å². The molecule has 1 fully saturated rings. The second kappa shape index (κ2) is 4.65. The van der Waals surface area contributed by atoms with E-state index in [1.165, 1.54) is 5.69 Å². The van der Waals surface area contributed by atoms with Crippen molar-refractivity contribution in [1.29, 1.82) is 0 Å². The summed E-state index contributed by atoms with van der Waals surface area (Å²) < 4.78 is 5.76. The summed E-state index contributed by atoms with van der Waals surface area (Å²) >= 11 is 0. The molecule has 102 valence electrons. The lowest BCUT2D eigenvalue weighted by Gasteiger charge is -2.33. The standard InChI is InChI=1S/C16H17N3O/c1-2-4-12(5-3-1)15-18-8-13-9-20-11-16(14(13)19-15)6-7-17-10-16/h1-5,8,17H,6-7,9-11H2/t16-/m0/s1. The minimum absolute atomic E-state index is 0.0417. The zero-order valence-electron chi connectivity index (χ0n) is 11.3. The molecule has 0 saturated carbocycles. The van der Waals surface area contributed by atoms with Crippen molar-refractivity contribution in [1.82, 2.24) is 15.3 Å². The Balaban J connectivity index is 1.83. The maximum atomic E-state index is 5.76. The van der Waals surface area contributed by atoms with Gasteiger partial charge in [-0.15, -0.1) is 0 Å². The summed E-state index contributed by atoms with van der Waals surface area (Å²) in [4.78, 5) is 9.39. The van der Waals surface area contributed by atoms with E-state index in [0.29, 0.717) is 6.61 Å². The highest BCUT2D eigenvalue weighted by Crippen LogP contribution is 2.36. The van der Waals surface area contributed by atoms with Gasteiger partial charge in [0.25, 0.3) is 0 Å². The second-order valence-electron chi connectivity index (χ2n) is 5.63. The molecule has 0 aliphatic carbocycles. The van der Waals surface area contributed by atoms with E-state index in [-0.39, 0.29) is 5.41 Å². The topological polar surface area (TPSA) is 47.0 Å². The van der Waals surface area contributed by atoms with Gasteiger partial charge in [-0.3, -0.25) is 0 Å². The van der Waals surface area contributed by atoms with Gasteiger partial charge in [-0.1, -0.05) is 30.3 Å². The smallest absolute Gasteiger partial charge is 0.159 e. The Morgan fingerprint density at radius 2 is 2.10 bits per heavy atom. The second-order valence-corrected chi connectivity index (χ2v) is 5.63. The largest absolute Gasteiger partial charge is 0.376 e. The number of hydrogen-bond acceptors (Lipinski definition) is 4. The third-order valence-electron chi connectivity index (χ3n) is 4.28. The van der Waals surface area contributed by atoms with Crippen LogP contribution in [0.2, 0.25) is 0 Å². The van der Waals surface area contributed by atoms with Crippen LogP contribution in [-0.2, 0) is 16.8 Å². The first-order chi connectivity index (χ1) is 9.87. The highest BCUT2D eigenvalue weighted by molar-refractivity contribution is 5.55. The molecule has 2 aliphatic rings. The zero-order valence-corrected chi connectivity index (χ0v) is 11.3. The Labute approximate surface area is 118 Å². The third-order valence-corrected chi connectivity index (χ3v) is 4.28. The van der Waals surface area contributed by atoms with Crippen LogP contribution in [0.4, 0.5) is 0 Å². The van der Waals surface area contributed by atoms with E-state index in [2.05, 4.69) is 22.4 Å². The van der Waals surface area contributed by atoms with Crippen LogP contribution in [0.3, 0.4) is 0 Å². The number of hydrogen-bond donors (Lipinski definition) is 1. The summed E-state index contributed by atoms with van der Waals surface area (Å²) in [5.74, 6) is 0.817. The first kappa shape index (κ1) is 12.0. The lowest BCUT2D eigenvalue weighted by Crippen LogP contribution is -2.39. The number of benzene rings is 1. The lowest BCUT2D eigenvalue weighted by atomic mass is 9.80. The molecule has 4 rings (SSSR count). The average molecular weight is 267 g/mol. The molecule has 4 nitrogen and oxygen atoms in total. The van der Waals surface area contributed by atoms with Crippen LogP contribution in [0.25, 0.3) is 11.4 Å². The van der Waals surface area contributed by atoms with Crippen molar-refractivity contribution < 1.29 is 4.74 Å². The van der Waals surface area contributed by atoms with E-state index >= 15 is 0 Å². The highest BCUT2D eigenvalue weighted by atomic mass is 16.5. The average Bonchev–Trinajstić information content (AvgIpc) is 2.98. The van der Waals surface area contributed by atoms with Crippen molar-refractivity contribution >= 4 is 0 Å². The molecule has 0 bridgehead atoms. The number of nitrogens with one attached hydrogen (secondary N) is 1. The summed E-state index contributed by atoms with van der Waals surface area (Å²) in [6, 6.07) is 10.2. The van der Waals surface area contributed by atoms with Crippen LogP contribution in [0.1, 0.15) is 17.7 Å². The number of rotatable bonds is 1. The summed E-state index contributed by atoms with van der Waals surface area (Å²) in [5.41, 5.74) is 3.44. The predicted octanol–water partition coefficient (Wildman–Crippen LogP) is 1.90. The molecule has 1 atom stereocenters. The van der Waals surface area contributed by atoms with Crippen molar-refractivity contribution in [2.45, 2.75) is 18.4 Å². The first-order valence-corrected chi connectivity index (χ1v) is 7.08. The van der Waals surface area contributed by atoms with Gasteiger partial charge in [-0.25, -0.2) is 9.97 Å². The van der Waals surface area contributed by atoms with Crippen LogP contribution >= 0.6 is 0 Å². The van der Waals surface area contributed by atoms with E-state index in [1.807, 2.05) is 24.4 Å². The van der Waals surface area contributed by atoms with E-state index in [4.69, 9.17) is 9.72 Å². The van der Waals surface area contributed by atoms with E-state index in [1.54, 1.807) is 0 Å². The monoisotopic (exact) mass is 267 g/mol. The van der Waals surface area contributed by atoms with Gasteiger partial charge >= 0.3 is 0 Å². The Morgan fingerprint density at radius 1 is 1.20 bits per heavy atom. The van der Waals surface area contributed by atoms with Gasteiger partial charge < -0.3 is 10.1 Å². The van der Waals surface area contributed by atoms with Gasteiger partial charge in [0.2, 0.25) is 0 Å². The predicted molar refractivity (Wildman–Crippen MR) is 76.3 cm³/mol. The Bertz CT molecular complexity index is 621. The molecular weight excluding hydrogens is 250 g/mol. The van der Waals surface area contributed by atoms with Gasteiger partial charge in [0.15, 0.2) is 5.82 Å². The molecule has 2 aliphatic heterocycles. The van der Waals surface area contributed by atoms with Crippen LogP contribution < -0.4 is 5.32 Å². The molecule has 1 aromatic heterocycles. The van der Waals surface area contributed by atoms with Crippen molar-refractivity contribution in [3.63, 3.8) is 0 Å². The normalized spacial score (nSPS) is 24.8. The van der Waals surface area contributed by atoms with Gasteiger partial charge in [0, 0.05) is 23.9 Å². The molecule has 1 spiro atoms. The fourth-order valence-electron chi connectivity index (χ4n) is 3.19. The SMILES string of the molecule is c1ccc(-c2ncc3c(n2)[C@]2(CCNC2)COC3)cc1. The van der Waals surface area contributed by atoms with Gasteiger partial charge in [0.05, 0.1) is 24.3 Å². The van der Waals surface area contributed by atoms with Crippen molar-refractivity contribution in [2.24, 2.45) is 0 Å². The molecule has 0 radical (unpaired) electrons. The van der Waals surface area contributed by atoms with Crippen LogP contribution in [0, 0.1) is 0 Å². The van der Waals surface area contributed by atoms with Gasteiger partial charge in [-0.05, 0) is 13.0 Å².